The van der Waals surface area contributed by atoms with Gasteiger partial charge in [0.05, 0.1) is 22.5 Å². The van der Waals surface area contributed by atoms with Crippen LogP contribution in [0, 0.1) is 6.92 Å². The van der Waals surface area contributed by atoms with E-state index in [1.54, 1.807) is 24.3 Å². The van der Waals surface area contributed by atoms with Crippen LogP contribution in [0.15, 0.2) is 59.6 Å². The number of rotatable bonds is 4. The smallest absolute Gasteiger partial charge is 0.257 e. The second-order valence-electron chi connectivity index (χ2n) is 5.13. The largest absolute Gasteiger partial charge is 0.292 e. The van der Waals surface area contributed by atoms with Gasteiger partial charge < -0.3 is 0 Å². The Morgan fingerprint density at radius 3 is 2.29 bits per heavy atom. The minimum Gasteiger partial charge on any atom is -0.292 e. The molecule has 24 heavy (non-hydrogen) atoms. The molecule has 0 fully saturated rings. The molecular weight excluding hydrogens is 322 g/mol. The number of hydrogen-bond acceptors (Lipinski definition) is 5. The van der Waals surface area contributed by atoms with Crippen LogP contribution >= 0.6 is 11.8 Å². The number of fused-ring (bicyclic) bond motifs is 1. The molecule has 1 aromatic heterocycles. The monoisotopic (exact) mass is 337 g/mol. The standard InChI is InChI=1S/C18H15N3O2S/c1-12-18(20-15-10-6-5-9-14(15)19-12)24-11-16(22)21-17(23)13-7-3-2-4-8-13/h2-10H,11H2,1H3,(H,21,22,23). The van der Waals surface area contributed by atoms with Crippen LogP contribution in [-0.4, -0.2) is 27.5 Å². The van der Waals surface area contributed by atoms with Crippen molar-refractivity contribution in [1.29, 1.82) is 0 Å². The molecule has 2 aromatic carbocycles. The van der Waals surface area contributed by atoms with Gasteiger partial charge in [-0.25, -0.2) is 9.97 Å². The lowest BCUT2D eigenvalue weighted by Gasteiger charge is -2.07. The Morgan fingerprint density at radius 1 is 0.958 bits per heavy atom. The average Bonchev–Trinajstić information content (AvgIpc) is 2.60. The molecule has 3 rings (SSSR count). The van der Waals surface area contributed by atoms with Gasteiger partial charge >= 0.3 is 0 Å². The predicted octanol–water partition coefficient (Wildman–Crippen LogP) is 2.99. The zero-order chi connectivity index (χ0) is 16.9. The van der Waals surface area contributed by atoms with Gasteiger partial charge in [-0.1, -0.05) is 42.1 Å². The second-order valence-corrected chi connectivity index (χ2v) is 6.10. The number of imide groups is 1. The number of amides is 2. The third-order valence-corrected chi connectivity index (χ3v) is 4.40. The summed E-state index contributed by atoms with van der Waals surface area (Å²) < 4.78 is 0. The molecular formula is C18H15N3O2S. The van der Waals surface area contributed by atoms with Crippen molar-refractivity contribution in [2.24, 2.45) is 0 Å². The molecule has 1 N–H and O–H groups in total. The highest BCUT2D eigenvalue weighted by Gasteiger charge is 2.12. The molecule has 2 amide bonds. The maximum atomic E-state index is 12.0. The van der Waals surface area contributed by atoms with Crippen molar-refractivity contribution >= 4 is 34.6 Å². The number of nitrogens with zero attached hydrogens (tertiary/aromatic N) is 2. The van der Waals surface area contributed by atoms with Gasteiger partial charge in [0, 0.05) is 5.56 Å². The van der Waals surface area contributed by atoms with Crippen molar-refractivity contribution in [3.05, 3.63) is 65.9 Å². The summed E-state index contributed by atoms with van der Waals surface area (Å²) in [4.78, 5) is 32.9. The fraction of sp³-hybridized carbons (Fsp3) is 0.111. The number of carbonyl (C=O) groups excluding carboxylic acids is 2. The number of aryl methyl sites for hydroxylation is 1. The van der Waals surface area contributed by atoms with Crippen LogP contribution in [0.2, 0.25) is 0 Å². The van der Waals surface area contributed by atoms with E-state index in [0.717, 1.165) is 16.7 Å². The summed E-state index contributed by atoms with van der Waals surface area (Å²) in [7, 11) is 0. The van der Waals surface area contributed by atoms with E-state index in [2.05, 4.69) is 15.3 Å². The Hall–Kier alpha value is -2.73. The number of aromatic nitrogens is 2. The number of para-hydroxylation sites is 2. The van der Waals surface area contributed by atoms with E-state index in [1.165, 1.54) is 11.8 Å². The fourth-order valence-corrected chi connectivity index (χ4v) is 2.92. The van der Waals surface area contributed by atoms with Crippen molar-refractivity contribution in [1.82, 2.24) is 15.3 Å². The van der Waals surface area contributed by atoms with Gasteiger partial charge in [0.25, 0.3) is 5.91 Å². The van der Waals surface area contributed by atoms with Gasteiger partial charge in [-0.05, 0) is 31.2 Å². The quantitative estimate of drug-likeness (QED) is 0.741. The summed E-state index contributed by atoms with van der Waals surface area (Å²) in [6, 6.07) is 16.2. The van der Waals surface area contributed by atoms with E-state index >= 15 is 0 Å². The predicted molar refractivity (Wildman–Crippen MR) is 93.9 cm³/mol. The van der Waals surface area contributed by atoms with Crippen LogP contribution in [0.4, 0.5) is 0 Å². The maximum absolute atomic E-state index is 12.0. The number of nitrogens with one attached hydrogen (secondary N) is 1. The Labute approximate surface area is 143 Å². The molecule has 0 unspecified atom stereocenters. The van der Waals surface area contributed by atoms with E-state index in [4.69, 9.17) is 0 Å². The van der Waals surface area contributed by atoms with Gasteiger partial charge in [-0.2, -0.15) is 0 Å². The van der Waals surface area contributed by atoms with Crippen LogP contribution in [-0.2, 0) is 4.79 Å². The number of thioether (sulfide) groups is 1. The Balaban J connectivity index is 1.64. The summed E-state index contributed by atoms with van der Waals surface area (Å²) >= 11 is 1.27. The Morgan fingerprint density at radius 2 is 1.58 bits per heavy atom. The molecule has 0 atom stereocenters. The molecule has 120 valence electrons. The Bertz CT molecular complexity index is 897. The Kier molecular flexibility index (Phi) is 4.86. The number of carbonyl (C=O) groups is 2. The van der Waals surface area contributed by atoms with Crippen molar-refractivity contribution in [2.45, 2.75) is 11.9 Å². The molecule has 3 aromatic rings. The van der Waals surface area contributed by atoms with Crippen LogP contribution in [0.5, 0.6) is 0 Å². The highest BCUT2D eigenvalue weighted by molar-refractivity contribution is 7.99. The van der Waals surface area contributed by atoms with E-state index in [-0.39, 0.29) is 11.7 Å². The third-order valence-electron chi connectivity index (χ3n) is 3.33. The fourth-order valence-electron chi connectivity index (χ4n) is 2.17. The van der Waals surface area contributed by atoms with Crippen molar-refractivity contribution in [3.63, 3.8) is 0 Å². The van der Waals surface area contributed by atoms with Crippen molar-refractivity contribution in [3.8, 4) is 0 Å². The normalized spacial score (nSPS) is 10.5. The first kappa shape index (κ1) is 16.1. The van der Waals surface area contributed by atoms with Crippen LogP contribution < -0.4 is 5.32 Å². The van der Waals surface area contributed by atoms with Crippen LogP contribution in [0.3, 0.4) is 0 Å². The molecule has 5 nitrogen and oxygen atoms in total. The van der Waals surface area contributed by atoms with Gasteiger partial charge in [0.1, 0.15) is 5.03 Å². The third kappa shape index (κ3) is 3.78. The number of benzene rings is 2. The van der Waals surface area contributed by atoms with Gasteiger partial charge in [-0.15, -0.1) is 0 Å². The highest BCUT2D eigenvalue weighted by Crippen LogP contribution is 2.21. The average molecular weight is 337 g/mol. The lowest BCUT2D eigenvalue weighted by molar-refractivity contribution is -0.117. The molecule has 1 heterocycles. The summed E-state index contributed by atoms with van der Waals surface area (Å²) in [6.45, 7) is 1.86. The van der Waals surface area contributed by atoms with E-state index < -0.39 is 5.91 Å². The molecule has 0 saturated carbocycles. The molecule has 0 aliphatic heterocycles. The molecule has 6 heteroatoms. The lowest BCUT2D eigenvalue weighted by Crippen LogP contribution is -2.31. The van der Waals surface area contributed by atoms with Crippen molar-refractivity contribution < 1.29 is 9.59 Å². The van der Waals surface area contributed by atoms with Crippen LogP contribution in [0.25, 0.3) is 11.0 Å². The SMILES string of the molecule is Cc1nc2ccccc2nc1SCC(=O)NC(=O)c1ccccc1. The minimum atomic E-state index is -0.400. The summed E-state index contributed by atoms with van der Waals surface area (Å²) in [5.41, 5.74) is 2.83. The summed E-state index contributed by atoms with van der Waals surface area (Å²) in [6.07, 6.45) is 0. The van der Waals surface area contributed by atoms with E-state index in [9.17, 15) is 9.59 Å². The second kappa shape index (κ2) is 7.23. The lowest BCUT2D eigenvalue weighted by atomic mass is 10.2. The molecule has 0 saturated heterocycles. The van der Waals surface area contributed by atoms with Crippen LogP contribution in [0.1, 0.15) is 16.1 Å². The van der Waals surface area contributed by atoms with Gasteiger partial charge in [-0.3, -0.25) is 14.9 Å². The summed E-state index contributed by atoms with van der Waals surface area (Å²) in [5.74, 6) is -0.655. The topological polar surface area (TPSA) is 72.0 Å². The van der Waals surface area contributed by atoms with Gasteiger partial charge in [0.15, 0.2) is 0 Å². The van der Waals surface area contributed by atoms with Gasteiger partial charge in [0.2, 0.25) is 5.91 Å². The van der Waals surface area contributed by atoms with Crippen molar-refractivity contribution in [2.75, 3.05) is 5.75 Å². The maximum Gasteiger partial charge on any atom is 0.257 e. The van der Waals surface area contributed by atoms with E-state index in [0.29, 0.717) is 10.6 Å². The minimum absolute atomic E-state index is 0.104. The first-order chi connectivity index (χ1) is 11.6. The first-order valence-corrected chi connectivity index (χ1v) is 8.37. The molecule has 0 aliphatic carbocycles. The molecule has 0 radical (unpaired) electrons. The zero-order valence-electron chi connectivity index (χ0n) is 13.0. The zero-order valence-corrected chi connectivity index (χ0v) is 13.8. The highest BCUT2D eigenvalue weighted by atomic mass is 32.2. The summed E-state index contributed by atoms with van der Waals surface area (Å²) in [5, 5.41) is 3.07. The van der Waals surface area contributed by atoms with E-state index in [1.807, 2.05) is 37.3 Å². The molecule has 0 aliphatic rings. The molecule has 0 bridgehead atoms. The first-order valence-electron chi connectivity index (χ1n) is 7.39. The molecule has 0 spiro atoms. The number of hydrogen-bond donors (Lipinski definition) is 1.